The molecular weight excluding hydrogens is 522 g/mol. The lowest BCUT2D eigenvalue weighted by molar-refractivity contribution is -0.144. The number of carbonyl (C=O) groups excluding carboxylic acids is 3. The highest BCUT2D eigenvalue weighted by Gasteiger charge is 2.31. The summed E-state index contributed by atoms with van der Waals surface area (Å²) in [6, 6.07) is 7.50. The van der Waals surface area contributed by atoms with Crippen LogP contribution < -0.4 is 0 Å². The van der Waals surface area contributed by atoms with Gasteiger partial charge in [-0.2, -0.15) is 0 Å². The first kappa shape index (κ1) is 32.1. The zero-order chi connectivity index (χ0) is 29.2. The number of benzene rings is 1. The Morgan fingerprint density at radius 3 is 2.23 bits per heavy atom. The number of esters is 1. The number of rotatable bonds is 11. The van der Waals surface area contributed by atoms with Gasteiger partial charge in [-0.25, -0.2) is 19.5 Å². The Kier molecular flexibility index (Phi) is 11.8. The van der Waals surface area contributed by atoms with E-state index in [0.29, 0.717) is 37.3 Å². The molecule has 0 N–H and O–H groups in total. The number of carbonyl (C=O) groups is 3. The highest BCUT2D eigenvalue weighted by atomic mass is 35.5. The van der Waals surface area contributed by atoms with Gasteiger partial charge in [0.15, 0.2) is 0 Å². The van der Waals surface area contributed by atoms with Crippen LogP contribution in [0.1, 0.15) is 79.8 Å². The van der Waals surface area contributed by atoms with E-state index >= 15 is 0 Å². The Morgan fingerprint density at radius 1 is 1.03 bits per heavy atom. The minimum atomic E-state index is -0.766. The van der Waals surface area contributed by atoms with Crippen molar-refractivity contribution >= 4 is 29.8 Å². The van der Waals surface area contributed by atoms with E-state index < -0.39 is 23.4 Å². The Morgan fingerprint density at radius 2 is 1.67 bits per heavy atom. The van der Waals surface area contributed by atoms with Crippen molar-refractivity contribution in [2.75, 3.05) is 13.2 Å². The molecule has 2 amide bonds. The van der Waals surface area contributed by atoms with Gasteiger partial charge in [-0.1, -0.05) is 17.7 Å². The van der Waals surface area contributed by atoms with Gasteiger partial charge in [0.05, 0.1) is 18.6 Å². The monoisotopic (exact) mass is 563 g/mol. The van der Waals surface area contributed by atoms with Gasteiger partial charge in [0.2, 0.25) is 0 Å². The van der Waals surface area contributed by atoms with Crippen LogP contribution in [0.15, 0.2) is 36.8 Å². The Labute approximate surface area is 236 Å². The fraction of sp³-hybridized carbons (Fsp3) is 0.586. The highest BCUT2D eigenvalue weighted by Crippen LogP contribution is 2.22. The third-order valence-electron chi connectivity index (χ3n) is 5.53. The Balaban J connectivity index is 2.06. The van der Waals surface area contributed by atoms with E-state index in [2.05, 4.69) is 4.98 Å². The van der Waals surface area contributed by atoms with E-state index in [1.54, 1.807) is 54.8 Å². The minimum absolute atomic E-state index is 0.0282. The minimum Gasteiger partial charge on any atom is -0.466 e. The van der Waals surface area contributed by atoms with Crippen LogP contribution in [-0.2, 0) is 25.4 Å². The Hall–Kier alpha value is -3.07. The van der Waals surface area contributed by atoms with E-state index in [4.69, 9.17) is 25.8 Å². The van der Waals surface area contributed by atoms with Gasteiger partial charge in [0.25, 0.3) is 0 Å². The maximum atomic E-state index is 12.8. The van der Waals surface area contributed by atoms with Gasteiger partial charge in [-0.3, -0.25) is 4.79 Å². The number of ether oxygens (including phenoxy) is 3. The summed E-state index contributed by atoms with van der Waals surface area (Å²) in [5, 5.41) is 0.643. The molecule has 9 nitrogen and oxygen atoms in total. The topological polar surface area (TPSA) is 100.0 Å². The average Bonchev–Trinajstić information content (AvgIpc) is 3.27. The van der Waals surface area contributed by atoms with Crippen molar-refractivity contribution in [2.24, 2.45) is 5.92 Å². The summed E-state index contributed by atoms with van der Waals surface area (Å²) >= 11 is 6.11. The average molecular weight is 564 g/mol. The van der Waals surface area contributed by atoms with E-state index in [9.17, 15) is 14.4 Å². The summed E-state index contributed by atoms with van der Waals surface area (Å²) in [5.41, 5.74) is 0.262. The summed E-state index contributed by atoms with van der Waals surface area (Å²) in [5.74, 6) is -0.303. The number of hydrogen-bond acceptors (Lipinski definition) is 7. The molecule has 0 aliphatic carbocycles. The summed E-state index contributed by atoms with van der Waals surface area (Å²) in [4.78, 5) is 43.4. The lowest BCUT2D eigenvalue weighted by atomic mass is 9.93. The normalized spacial score (nSPS) is 12.5. The molecule has 0 saturated heterocycles. The van der Waals surface area contributed by atoms with Crippen LogP contribution in [0, 0.1) is 5.92 Å². The molecule has 1 heterocycles. The van der Waals surface area contributed by atoms with Crippen LogP contribution in [-0.4, -0.2) is 57.0 Å². The molecule has 216 valence electrons. The molecule has 2 aromatic rings. The second kappa shape index (κ2) is 14.4. The summed E-state index contributed by atoms with van der Waals surface area (Å²) in [6.45, 7) is 12.6. The molecule has 39 heavy (non-hydrogen) atoms. The van der Waals surface area contributed by atoms with Crippen LogP contribution >= 0.6 is 11.6 Å². The summed E-state index contributed by atoms with van der Waals surface area (Å²) in [7, 11) is 0. The standard InChI is InChI=1S/C29H42ClN3O6/c1-8-37-25(34)17-21(14-15-23-19-32(20-31-23)24-13-9-12-22(30)18-24)11-10-16-33(26(35)38-28(2,3)4)27(36)39-29(5,6)7/h9,12-13,18-21H,8,10-11,14-17H2,1-7H3. The molecule has 0 saturated carbocycles. The lowest BCUT2D eigenvalue weighted by Gasteiger charge is -2.29. The van der Waals surface area contributed by atoms with Crippen molar-refractivity contribution in [3.63, 3.8) is 0 Å². The van der Waals surface area contributed by atoms with E-state index in [1.165, 1.54) is 0 Å². The van der Waals surface area contributed by atoms with Gasteiger partial charge in [-0.05, 0) is 98.3 Å². The van der Waals surface area contributed by atoms with Crippen molar-refractivity contribution in [1.29, 1.82) is 0 Å². The molecular formula is C29H42ClN3O6. The number of amides is 2. The summed E-state index contributed by atoms with van der Waals surface area (Å²) < 4.78 is 18.0. The van der Waals surface area contributed by atoms with E-state index in [1.807, 2.05) is 35.0 Å². The van der Waals surface area contributed by atoms with Crippen molar-refractivity contribution < 1.29 is 28.6 Å². The van der Waals surface area contributed by atoms with Gasteiger partial charge >= 0.3 is 18.2 Å². The van der Waals surface area contributed by atoms with Crippen LogP contribution in [0.2, 0.25) is 5.02 Å². The van der Waals surface area contributed by atoms with Crippen molar-refractivity contribution in [1.82, 2.24) is 14.5 Å². The smallest absolute Gasteiger partial charge is 0.419 e. The molecule has 0 fully saturated rings. The van der Waals surface area contributed by atoms with E-state index in [-0.39, 0.29) is 24.9 Å². The van der Waals surface area contributed by atoms with Crippen LogP contribution in [0.4, 0.5) is 9.59 Å². The third-order valence-corrected chi connectivity index (χ3v) is 5.77. The predicted molar refractivity (Wildman–Crippen MR) is 150 cm³/mol. The van der Waals surface area contributed by atoms with E-state index in [0.717, 1.165) is 16.3 Å². The maximum Gasteiger partial charge on any atom is 0.419 e. The zero-order valence-electron chi connectivity index (χ0n) is 24.2. The quantitative estimate of drug-likeness (QED) is 0.215. The van der Waals surface area contributed by atoms with Crippen LogP contribution in [0.25, 0.3) is 5.69 Å². The Bertz CT molecular complexity index is 1070. The van der Waals surface area contributed by atoms with Crippen molar-refractivity contribution in [3.05, 3.63) is 47.5 Å². The molecule has 1 aromatic heterocycles. The molecule has 2 rings (SSSR count). The SMILES string of the molecule is CCOC(=O)CC(CCCN(C(=O)OC(C)(C)C)C(=O)OC(C)(C)C)CCc1cn(-c2cccc(Cl)c2)cn1. The highest BCUT2D eigenvalue weighted by molar-refractivity contribution is 6.30. The second-order valence-corrected chi connectivity index (χ2v) is 11.9. The maximum absolute atomic E-state index is 12.8. The number of nitrogens with zero attached hydrogens (tertiary/aromatic N) is 3. The first-order valence-corrected chi connectivity index (χ1v) is 13.7. The molecule has 0 aliphatic rings. The summed E-state index contributed by atoms with van der Waals surface area (Å²) in [6.07, 6.45) is 4.80. The molecule has 1 aromatic carbocycles. The number of halogens is 1. The van der Waals surface area contributed by atoms with Crippen molar-refractivity contribution in [3.8, 4) is 5.69 Å². The van der Waals surface area contributed by atoms with Crippen LogP contribution in [0.5, 0.6) is 0 Å². The van der Waals surface area contributed by atoms with Crippen LogP contribution in [0.3, 0.4) is 0 Å². The predicted octanol–water partition coefficient (Wildman–Crippen LogP) is 6.98. The van der Waals surface area contributed by atoms with Crippen molar-refractivity contribution in [2.45, 2.75) is 91.8 Å². The molecule has 0 aliphatic heterocycles. The third kappa shape index (κ3) is 12.1. The lowest BCUT2D eigenvalue weighted by Crippen LogP contribution is -2.44. The number of hydrogen-bond donors (Lipinski definition) is 0. The molecule has 0 spiro atoms. The van der Waals surface area contributed by atoms with Gasteiger partial charge in [0, 0.05) is 29.9 Å². The number of aryl methyl sites for hydroxylation is 1. The fourth-order valence-corrected chi connectivity index (χ4v) is 4.04. The molecule has 1 atom stereocenters. The zero-order valence-corrected chi connectivity index (χ0v) is 24.9. The fourth-order valence-electron chi connectivity index (χ4n) is 3.86. The van der Waals surface area contributed by atoms with Gasteiger partial charge < -0.3 is 18.8 Å². The number of aromatic nitrogens is 2. The van der Waals surface area contributed by atoms with Gasteiger partial charge in [0.1, 0.15) is 11.2 Å². The molecule has 10 heteroatoms. The number of imidazole rings is 1. The molecule has 0 radical (unpaired) electrons. The van der Waals surface area contributed by atoms with Gasteiger partial charge in [-0.15, -0.1) is 0 Å². The molecule has 1 unspecified atom stereocenters. The largest absolute Gasteiger partial charge is 0.466 e. The molecule has 0 bridgehead atoms. The first-order chi connectivity index (χ1) is 18.2. The second-order valence-electron chi connectivity index (χ2n) is 11.4. The first-order valence-electron chi connectivity index (χ1n) is 13.3. The number of imide groups is 1.